The Morgan fingerprint density at radius 1 is 1.21 bits per heavy atom. The average Bonchev–Trinajstić information content (AvgIpc) is 3.18. The SMILES string of the molecule is CCOC(=O)C(NC(=O)OC(C)(C)C)[C@@H]1CC2(CC2)CCC1(F)F. The third-order valence-corrected chi connectivity index (χ3v) is 4.76. The number of carbonyl (C=O) groups is 2. The van der Waals surface area contributed by atoms with Gasteiger partial charge in [-0.3, -0.25) is 0 Å². The van der Waals surface area contributed by atoms with E-state index < -0.39 is 35.5 Å². The summed E-state index contributed by atoms with van der Waals surface area (Å²) in [5.74, 6) is -5.11. The van der Waals surface area contributed by atoms with Gasteiger partial charge in [-0.05, 0) is 58.8 Å². The van der Waals surface area contributed by atoms with E-state index in [9.17, 15) is 18.4 Å². The van der Waals surface area contributed by atoms with Gasteiger partial charge in [0.15, 0.2) is 0 Å². The average molecular weight is 347 g/mol. The van der Waals surface area contributed by atoms with Crippen LogP contribution in [0.4, 0.5) is 13.6 Å². The van der Waals surface area contributed by atoms with Gasteiger partial charge in [0.1, 0.15) is 11.6 Å². The van der Waals surface area contributed by atoms with E-state index in [2.05, 4.69) is 5.32 Å². The Kier molecular flexibility index (Phi) is 5.11. The van der Waals surface area contributed by atoms with Crippen molar-refractivity contribution in [3.63, 3.8) is 0 Å². The molecule has 0 heterocycles. The highest BCUT2D eigenvalue weighted by atomic mass is 19.3. The molecular weight excluding hydrogens is 320 g/mol. The molecule has 0 aromatic carbocycles. The van der Waals surface area contributed by atoms with Crippen molar-refractivity contribution in [3.8, 4) is 0 Å². The van der Waals surface area contributed by atoms with E-state index in [0.29, 0.717) is 6.42 Å². The second kappa shape index (κ2) is 6.48. The third kappa shape index (κ3) is 4.57. The van der Waals surface area contributed by atoms with Crippen LogP contribution < -0.4 is 5.32 Å². The topological polar surface area (TPSA) is 64.6 Å². The molecule has 5 nitrogen and oxygen atoms in total. The smallest absolute Gasteiger partial charge is 0.408 e. The fourth-order valence-electron chi connectivity index (χ4n) is 3.32. The van der Waals surface area contributed by atoms with Gasteiger partial charge < -0.3 is 14.8 Å². The maximum atomic E-state index is 14.5. The summed E-state index contributed by atoms with van der Waals surface area (Å²) >= 11 is 0. The molecule has 2 aliphatic rings. The summed E-state index contributed by atoms with van der Waals surface area (Å²) in [6.45, 7) is 6.67. The number of ether oxygens (including phenoxy) is 2. The molecule has 7 heteroatoms. The van der Waals surface area contributed by atoms with Gasteiger partial charge in [-0.15, -0.1) is 0 Å². The zero-order chi connectivity index (χ0) is 18.2. The lowest BCUT2D eigenvalue weighted by Crippen LogP contribution is -2.55. The molecule has 0 radical (unpaired) electrons. The van der Waals surface area contributed by atoms with Crippen molar-refractivity contribution < 1.29 is 27.8 Å². The normalized spacial score (nSPS) is 25.7. The van der Waals surface area contributed by atoms with Crippen LogP contribution in [-0.4, -0.2) is 36.2 Å². The number of halogens is 2. The summed E-state index contributed by atoms with van der Waals surface area (Å²) in [4.78, 5) is 24.3. The number of hydrogen-bond donors (Lipinski definition) is 1. The highest BCUT2D eigenvalue weighted by molar-refractivity contribution is 5.82. The largest absolute Gasteiger partial charge is 0.464 e. The van der Waals surface area contributed by atoms with Gasteiger partial charge in [0.25, 0.3) is 5.92 Å². The minimum absolute atomic E-state index is 0.0643. The Hall–Kier alpha value is -1.40. The first-order valence-electron chi connectivity index (χ1n) is 8.52. The van der Waals surface area contributed by atoms with Crippen LogP contribution in [-0.2, 0) is 14.3 Å². The highest BCUT2D eigenvalue weighted by Crippen LogP contribution is 2.61. The van der Waals surface area contributed by atoms with Crippen LogP contribution >= 0.6 is 0 Å². The van der Waals surface area contributed by atoms with Crippen LogP contribution in [0.25, 0.3) is 0 Å². The maximum Gasteiger partial charge on any atom is 0.408 e. The summed E-state index contributed by atoms with van der Waals surface area (Å²) < 4.78 is 39.0. The van der Waals surface area contributed by atoms with Crippen molar-refractivity contribution in [2.45, 2.75) is 77.4 Å². The Bertz CT molecular complexity index is 497. The predicted molar refractivity (Wildman–Crippen MR) is 83.7 cm³/mol. The molecule has 2 aliphatic carbocycles. The van der Waals surface area contributed by atoms with Crippen molar-refractivity contribution in [1.29, 1.82) is 0 Å². The van der Waals surface area contributed by atoms with E-state index in [1.807, 2.05) is 0 Å². The Labute approximate surface area is 141 Å². The Morgan fingerprint density at radius 3 is 2.29 bits per heavy atom. The number of carbonyl (C=O) groups excluding carboxylic acids is 2. The molecule has 1 unspecified atom stereocenters. The van der Waals surface area contributed by atoms with Crippen molar-refractivity contribution in [2.24, 2.45) is 11.3 Å². The molecule has 138 valence electrons. The van der Waals surface area contributed by atoms with Gasteiger partial charge in [-0.25, -0.2) is 18.4 Å². The molecule has 0 aromatic heterocycles. The molecule has 2 fully saturated rings. The van der Waals surface area contributed by atoms with Crippen LogP contribution in [0.1, 0.15) is 59.8 Å². The van der Waals surface area contributed by atoms with Gasteiger partial charge in [0.05, 0.1) is 12.5 Å². The van der Waals surface area contributed by atoms with Gasteiger partial charge in [0.2, 0.25) is 0 Å². The quantitative estimate of drug-likeness (QED) is 0.788. The lowest BCUT2D eigenvalue weighted by molar-refractivity contribution is -0.160. The number of hydrogen-bond acceptors (Lipinski definition) is 4. The minimum Gasteiger partial charge on any atom is -0.464 e. The van der Waals surface area contributed by atoms with Crippen molar-refractivity contribution >= 4 is 12.1 Å². The van der Waals surface area contributed by atoms with Crippen LogP contribution in [0, 0.1) is 11.3 Å². The lowest BCUT2D eigenvalue weighted by Gasteiger charge is -2.39. The number of alkyl halides is 2. The Balaban J connectivity index is 2.17. The zero-order valence-corrected chi connectivity index (χ0v) is 14.8. The summed E-state index contributed by atoms with van der Waals surface area (Å²) in [6.07, 6.45) is 1.36. The fraction of sp³-hybridized carbons (Fsp3) is 0.882. The molecule has 1 N–H and O–H groups in total. The molecule has 0 bridgehead atoms. The number of rotatable bonds is 4. The summed E-state index contributed by atoms with van der Waals surface area (Å²) in [5.41, 5.74) is -0.872. The van der Waals surface area contributed by atoms with Gasteiger partial charge in [-0.2, -0.15) is 0 Å². The number of amides is 1. The van der Waals surface area contributed by atoms with Crippen molar-refractivity contribution in [3.05, 3.63) is 0 Å². The maximum absolute atomic E-state index is 14.5. The molecule has 2 rings (SSSR count). The molecule has 2 atom stereocenters. The molecule has 0 aromatic rings. The van der Waals surface area contributed by atoms with Crippen LogP contribution in [0.3, 0.4) is 0 Å². The first-order valence-corrected chi connectivity index (χ1v) is 8.52. The number of alkyl carbamates (subject to hydrolysis) is 1. The van der Waals surface area contributed by atoms with E-state index in [1.165, 1.54) is 0 Å². The molecule has 24 heavy (non-hydrogen) atoms. The van der Waals surface area contributed by atoms with Crippen LogP contribution in [0.2, 0.25) is 0 Å². The standard InChI is InChI=1S/C17H27F2NO4/c1-5-23-13(21)12(20-14(22)24-15(2,3)4)11-10-16(6-7-16)8-9-17(11,18)19/h11-12H,5-10H2,1-4H3,(H,20,22)/t11-,12?/m0/s1. The second-order valence-electron chi connectivity index (χ2n) is 7.95. The zero-order valence-electron chi connectivity index (χ0n) is 14.8. The van der Waals surface area contributed by atoms with Crippen LogP contribution in [0.15, 0.2) is 0 Å². The summed E-state index contributed by atoms with van der Waals surface area (Å²) in [6, 6.07) is -1.40. The van der Waals surface area contributed by atoms with E-state index in [4.69, 9.17) is 9.47 Å². The van der Waals surface area contributed by atoms with Gasteiger partial charge >= 0.3 is 12.1 Å². The Morgan fingerprint density at radius 2 is 1.79 bits per heavy atom. The lowest BCUT2D eigenvalue weighted by atomic mass is 9.73. The molecule has 1 amide bonds. The van der Waals surface area contributed by atoms with Crippen molar-refractivity contribution in [2.75, 3.05) is 6.61 Å². The van der Waals surface area contributed by atoms with E-state index >= 15 is 0 Å². The molecule has 0 saturated heterocycles. The molecule has 1 spiro atoms. The predicted octanol–water partition coefficient (Wildman–Crippen LogP) is 3.66. The van der Waals surface area contributed by atoms with E-state index in [1.54, 1.807) is 27.7 Å². The highest BCUT2D eigenvalue weighted by Gasteiger charge is 2.59. The summed E-state index contributed by atoms with van der Waals surface area (Å²) in [7, 11) is 0. The summed E-state index contributed by atoms with van der Waals surface area (Å²) in [5, 5.41) is 2.33. The monoisotopic (exact) mass is 347 g/mol. The first-order chi connectivity index (χ1) is 11.0. The van der Waals surface area contributed by atoms with Crippen molar-refractivity contribution in [1.82, 2.24) is 5.32 Å². The van der Waals surface area contributed by atoms with Gasteiger partial charge in [-0.1, -0.05) is 0 Å². The number of esters is 1. The molecule has 0 aliphatic heterocycles. The fourth-order valence-corrected chi connectivity index (χ4v) is 3.32. The van der Waals surface area contributed by atoms with Gasteiger partial charge in [0, 0.05) is 6.42 Å². The molecule has 2 saturated carbocycles. The van der Waals surface area contributed by atoms with E-state index in [-0.39, 0.29) is 24.9 Å². The van der Waals surface area contributed by atoms with Crippen LogP contribution in [0.5, 0.6) is 0 Å². The number of nitrogens with one attached hydrogen (secondary N) is 1. The first kappa shape index (κ1) is 18.9. The van der Waals surface area contributed by atoms with E-state index in [0.717, 1.165) is 12.8 Å². The second-order valence-corrected chi connectivity index (χ2v) is 7.95. The molecular formula is C17H27F2NO4. The minimum atomic E-state index is -3.01. The third-order valence-electron chi connectivity index (χ3n) is 4.76.